The lowest BCUT2D eigenvalue weighted by atomic mass is 9.75. The SMILES string of the molecule is CC1(C(=O)N2C[C@H](c3ccc(F)cc3)[C@H]3[C@@H]2C2CCN3CC2)CC1. The van der Waals surface area contributed by atoms with Crippen LogP contribution < -0.4 is 0 Å². The molecule has 1 aliphatic carbocycles. The molecule has 0 spiro atoms. The highest BCUT2D eigenvalue weighted by Gasteiger charge is 2.58. The summed E-state index contributed by atoms with van der Waals surface area (Å²) >= 11 is 0. The first-order valence-electron chi connectivity index (χ1n) is 9.37. The number of nitrogens with zero attached hydrogens (tertiary/aromatic N) is 2. The lowest BCUT2D eigenvalue weighted by Gasteiger charge is -2.51. The monoisotopic (exact) mass is 328 g/mol. The van der Waals surface area contributed by atoms with Crippen LogP contribution in [0.15, 0.2) is 24.3 Å². The van der Waals surface area contributed by atoms with E-state index in [0.29, 0.717) is 29.8 Å². The molecular formula is C20H25FN2O. The average molecular weight is 328 g/mol. The second-order valence-electron chi connectivity index (χ2n) is 8.53. The number of carbonyl (C=O) groups is 1. The fourth-order valence-corrected chi connectivity index (χ4v) is 5.41. The van der Waals surface area contributed by atoms with Gasteiger partial charge in [0.15, 0.2) is 0 Å². The normalized spacial score (nSPS) is 38.9. The van der Waals surface area contributed by atoms with E-state index in [1.165, 1.54) is 18.4 Å². The third-order valence-electron chi connectivity index (χ3n) is 7.07. The molecular weight excluding hydrogens is 303 g/mol. The molecule has 0 N–H and O–H groups in total. The third kappa shape index (κ3) is 2.08. The lowest BCUT2D eigenvalue weighted by Crippen LogP contribution is -2.61. The maximum absolute atomic E-state index is 13.4. The smallest absolute Gasteiger partial charge is 0.228 e. The highest BCUT2D eigenvalue weighted by Crippen LogP contribution is 2.52. The Hall–Kier alpha value is -1.42. The second-order valence-corrected chi connectivity index (χ2v) is 8.53. The molecule has 0 unspecified atom stereocenters. The van der Waals surface area contributed by atoms with Crippen LogP contribution in [0.3, 0.4) is 0 Å². The summed E-state index contributed by atoms with van der Waals surface area (Å²) in [6.07, 6.45) is 4.51. The van der Waals surface area contributed by atoms with Crippen LogP contribution in [0.2, 0.25) is 0 Å². The van der Waals surface area contributed by atoms with E-state index in [2.05, 4.69) is 16.7 Å². The number of benzene rings is 1. The topological polar surface area (TPSA) is 23.6 Å². The van der Waals surface area contributed by atoms with Crippen molar-refractivity contribution in [3.05, 3.63) is 35.6 Å². The number of rotatable bonds is 2. The summed E-state index contributed by atoms with van der Waals surface area (Å²) < 4.78 is 13.4. The van der Waals surface area contributed by atoms with Gasteiger partial charge in [0.2, 0.25) is 5.91 Å². The maximum atomic E-state index is 13.4. The first-order valence-corrected chi connectivity index (χ1v) is 9.37. The van der Waals surface area contributed by atoms with Crippen LogP contribution >= 0.6 is 0 Å². The number of halogens is 1. The summed E-state index contributed by atoms with van der Waals surface area (Å²) in [5.74, 6) is 1.16. The summed E-state index contributed by atoms with van der Waals surface area (Å²) in [6, 6.07) is 7.77. The van der Waals surface area contributed by atoms with Crippen molar-refractivity contribution in [2.75, 3.05) is 19.6 Å². The number of carbonyl (C=O) groups excluding carboxylic acids is 1. The van der Waals surface area contributed by atoms with Gasteiger partial charge in [-0.05, 0) is 62.4 Å². The Morgan fingerprint density at radius 2 is 1.79 bits per heavy atom. The fourth-order valence-electron chi connectivity index (χ4n) is 5.41. The molecule has 1 saturated carbocycles. The number of piperidine rings is 3. The van der Waals surface area contributed by atoms with E-state index in [1.54, 1.807) is 12.1 Å². The van der Waals surface area contributed by atoms with Crippen molar-refractivity contribution in [2.24, 2.45) is 11.3 Å². The summed E-state index contributed by atoms with van der Waals surface area (Å²) in [5.41, 5.74) is 1.09. The van der Waals surface area contributed by atoms with E-state index >= 15 is 0 Å². The van der Waals surface area contributed by atoms with Gasteiger partial charge in [-0.2, -0.15) is 0 Å². The van der Waals surface area contributed by atoms with Crippen LogP contribution in [0.1, 0.15) is 44.1 Å². The molecule has 128 valence electrons. The number of hydrogen-bond acceptors (Lipinski definition) is 2. The van der Waals surface area contributed by atoms with Crippen molar-refractivity contribution in [1.82, 2.24) is 9.80 Å². The van der Waals surface area contributed by atoms with Crippen molar-refractivity contribution >= 4 is 5.91 Å². The molecule has 3 atom stereocenters. The summed E-state index contributed by atoms with van der Waals surface area (Å²) in [7, 11) is 0. The highest BCUT2D eigenvalue weighted by atomic mass is 19.1. The van der Waals surface area contributed by atoms with Gasteiger partial charge in [-0.15, -0.1) is 0 Å². The zero-order valence-electron chi connectivity index (χ0n) is 14.2. The minimum absolute atomic E-state index is 0.103. The Bertz CT molecular complexity index is 661. The first kappa shape index (κ1) is 14.9. The molecule has 1 amide bonds. The number of likely N-dealkylation sites (tertiary alicyclic amines) is 1. The summed E-state index contributed by atoms with van der Waals surface area (Å²) in [5, 5.41) is 0. The molecule has 4 heterocycles. The molecule has 1 aromatic carbocycles. The van der Waals surface area contributed by atoms with E-state index < -0.39 is 0 Å². The molecule has 4 heteroatoms. The fraction of sp³-hybridized carbons (Fsp3) is 0.650. The van der Waals surface area contributed by atoms with E-state index in [1.807, 2.05) is 12.1 Å². The predicted octanol–water partition coefficient (Wildman–Crippen LogP) is 3.01. The maximum Gasteiger partial charge on any atom is 0.228 e. The Labute approximate surface area is 142 Å². The summed E-state index contributed by atoms with van der Waals surface area (Å²) in [4.78, 5) is 18.0. The molecule has 1 aromatic rings. The molecule has 5 fully saturated rings. The van der Waals surface area contributed by atoms with Gasteiger partial charge >= 0.3 is 0 Å². The van der Waals surface area contributed by atoms with Gasteiger partial charge in [-0.1, -0.05) is 19.1 Å². The highest BCUT2D eigenvalue weighted by molar-refractivity contribution is 5.85. The van der Waals surface area contributed by atoms with E-state index in [4.69, 9.17) is 0 Å². The van der Waals surface area contributed by atoms with Gasteiger partial charge < -0.3 is 4.90 Å². The van der Waals surface area contributed by atoms with Gasteiger partial charge in [0, 0.05) is 23.9 Å². The van der Waals surface area contributed by atoms with Crippen LogP contribution in [0.5, 0.6) is 0 Å². The minimum Gasteiger partial charge on any atom is -0.337 e. The average Bonchev–Trinajstić information content (AvgIpc) is 3.22. The van der Waals surface area contributed by atoms with Crippen LogP contribution in [0.4, 0.5) is 4.39 Å². The molecule has 0 radical (unpaired) electrons. The Morgan fingerprint density at radius 3 is 2.42 bits per heavy atom. The first-order chi connectivity index (χ1) is 11.6. The Balaban J connectivity index is 1.52. The Morgan fingerprint density at radius 1 is 1.12 bits per heavy atom. The molecule has 4 aliphatic heterocycles. The van der Waals surface area contributed by atoms with E-state index in [-0.39, 0.29) is 11.2 Å². The van der Waals surface area contributed by atoms with Crippen molar-refractivity contribution in [3.8, 4) is 0 Å². The van der Waals surface area contributed by atoms with Crippen LogP contribution in [0.25, 0.3) is 0 Å². The van der Waals surface area contributed by atoms with Crippen molar-refractivity contribution in [1.29, 1.82) is 0 Å². The third-order valence-corrected chi connectivity index (χ3v) is 7.07. The predicted molar refractivity (Wildman–Crippen MR) is 90.1 cm³/mol. The minimum atomic E-state index is -0.183. The van der Waals surface area contributed by atoms with E-state index in [0.717, 1.165) is 32.5 Å². The molecule has 24 heavy (non-hydrogen) atoms. The van der Waals surface area contributed by atoms with Crippen LogP contribution in [-0.4, -0.2) is 47.4 Å². The van der Waals surface area contributed by atoms with Crippen LogP contribution in [-0.2, 0) is 4.79 Å². The number of amides is 1. The van der Waals surface area contributed by atoms with Crippen molar-refractivity contribution in [2.45, 2.75) is 50.6 Å². The molecule has 2 bridgehead atoms. The van der Waals surface area contributed by atoms with Crippen molar-refractivity contribution < 1.29 is 9.18 Å². The van der Waals surface area contributed by atoms with Crippen LogP contribution in [0, 0.1) is 17.2 Å². The zero-order valence-corrected chi connectivity index (χ0v) is 14.2. The second kappa shape index (κ2) is 5.04. The lowest BCUT2D eigenvalue weighted by molar-refractivity contribution is -0.141. The molecule has 0 aromatic heterocycles. The van der Waals surface area contributed by atoms with Gasteiger partial charge in [-0.25, -0.2) is 4.39 Å². The van der Waals surface area contributed by atoms with E-state index in [9.17, 15) is 9.18 Å². The van der Waals surface area contributed by atoms with Gasteiger partial charge in [0.25, 0.3) is 0 Å². The molecule has 3 nitrogen and oxygen atoms in total. The Kier molecular flexibility index (Phi) is 3.13. The molecule has 6 rings (SSSR count). The van der Waals surface area contributed by atoms with Crippen molar-refractivity contribution in [3.63, 3.8) is 0 Å². The molecule has 5 aliphatic rings. The van der Waals surface area contributed by atoms with Gasteiger partial charge in [0.05, 0.1) is 6.04 Å². The largest absolute Gasteiger partial charge is 0.337 e. The zero-order chi connectivity index (χ0) is 16.5. The standard InChI is InChI=1S/C20H25FN2O/c1-20(8-9-20)19(24)23-12-16(13-2-4-15(21)5-3-13)18-17(23)14-6-10-22(18)11-7-14/h2-5,14,16-18H,6-12H2,1H3/t16-,17+,18+/m1/s1. The van der Waals surface area contributed by atoms with Gasteiger partial charge in [-0.3, -0.25) is 9.69 Å². The molecule has 4 saturated heterocycles. The van der Waals surface area contributed by atoms with Gasteiger partial charge in [0.1, 0.15) is 5.82 Å². The number of fused-ring (bicyclic) bond motifs is 2. The number of hydrogen-bond donors (Lipinski definition) is 0. The summed E-state index contributed by atoms with van der Waals surface area (Å²) in [6.45, 7) is 5.24. The quantitative estimate of drug-likeness (QED) is 0.833.